The van der Waals surface area contributed by atoms with Crippen LogP contribution in [-0.4, -0.2) is 23.6 Å². The van der Waals surface area contributed by atoms with Gasteiger partial charge in [-0.3, -0.25) is 0 Å². The Morgan fingerprint density at radius 2 is 1.13 bits per heavy atom. The number of rotatable bonds is 4. The number of aliphatic imine (C=N–C) groups is 2. The standard InChI is InChI=1S/C48H32N4S/c1-52-46(34-12-4-2-5-13-34)50-45(51-47(52)35-14-6-3-7-15-35)33-23-21-32(22-24-33)36-25-27-40-38(29-36)37-28-31(30-49)20-26-39(37)48(40)41-16-8-10-18-43(41)53-44-19-11-9-17-42(44)48/h2-29,46H,1H3. The maximum absolute atomic E-state index is 10.0. The van der Waals surface area contributed by atoms with Gasteiger partial charge in [-0.1, -0.05) is 151 Å². The van der Waals surface area contributed by atoms with Crippen LogP contribution in [0.15, 0.2) is 190 Å². The quantitative estimate of drug-likeness (QED) is 0.184. The van der Waals surface area contributed by atoms with Crippen LogP contribution in [0.4, 0.5) is 0 Å². The van der Waals surface area contributed by atoms with E-state index in [1.54, 1.807) is 0 Å². The summed E-state index contributed by atoms with van der Waals surface area (Å²) in [7, 11) is 2.06. The summed E-state index contributed by atoms with van der Waals surface area (Å²) in [6.07, 6.45) is -0.200. The molecule has 0 fully saturated rings. The van der Waals surface area contributed by atoms with Crippen molar-refractivity contribution in [2.75, 3.05) is 7.05 Å². The first kappa shape index (κ1) is 31.3. The number of amidine groups is 2. The lowest BCUT2D eigenvalue weighted by atomic mass is 9.67. The summed E-state index contributed by atoms with van der Waals surface area (Å²) in [6.45, 7) is 0. The summed E-state index contributed by atoms with van der Waals surface area (Å²) < 4.78 is 0. The fourth-order valence-corrected chi connectivity index (χ4v) is 9.61. The molecule has 0 saturated carbocycles. The molecule has 0 aromatic heterocycles. The van der Waals surface area contributed by atoms with E-state index in [4.69, 9.17) is 9.98 Å². The Kier molecular flexibility index (Phi) is 7.28. The highest BCUT2D eigenvalue weighted by Crippen LogP contribution is 2.62. The molecule has 0 radical (unpaired) electrons. The SMILES string of the molecule is CN1C(c2ccccc2)=NC(c2ccc(-c3ccc4c(c3)-c3cc(C#N)ccc3C43c4ccccc4Sc4ccccc43)cc2)=NC1c1ccccc1. The molecule has 0 amide bonds. The fourth-order valence-electron chi connectivity index (χ4n) is 8.41. The summed E-state index contributed by atoms with van der Waals surface area (Å²) in [5.41, 5.74) is 12.9. The summed E-state index contributed by atoms with van der Waals surface area (Å²) in [5, 5.41) is 10.0. The molecule has 1 spiro atoms. The molecule has 3 aliphatic rings. The second-order valence-electron chi connectivity index (χ2n) is 13.7. The third-order valence-electron chi connectivity index (χ3n) is 10.8. The lowest BCUT2D eigenvalue weighted by Crippen LogP contribution is -2.35. The molecule has 1 aliphatic carbocycles. The fraction of sp³-hybridized carbons (Fsp3) is 0.0625. The summed E-state index contributed by atoms with van der Waals surface area (Å²) >= 11 is 1.84. The number of fused-ring (bicyclic) bond motifs is 9. The molecule has 53 heavy (non-hydrogen) atoms. The van der Waals surface area contributed by atoms with Crippen molar-refractivity contribution < 1.29 is 0 Å². The van der Waals surface area contributed by atoms with Gasteiger partial charge in [0.1, 0.15) is 12.0 Å². The Balaban J connectivity index is 1.09. The molecule has 7 aromatic rings. The molecule has 10 rings (SSSR count). The summed E-state index contributed by atoms with van der Waals surface area (Å²) in [5.74, 6) is 1.60. The average molecular weight is 697 g/mol. The smallest absolute Gasteiger partial charge is 0.159 e. The predicted molar refractivity (Wildman–Crippen MR) is 214 cm³/mol. The van der Waals surface area contributed by atoms with Crippen molar-refractivity contribution in [1.82, 2.24) is 4.90 Å². The van der Waals surface area contributed by atoms with Crippen LogP contribution < -0.4 is 0 Å². The van der Waals surface area contributed by atoms with E-state index in [0.717, 1.165) is 44.8 Å². The molecular formula is C48H32N4S. The Bertz CT molecular complexity index is 2630. The highest BCUT2D eigenvalue weighted by molar-refractivity contribution is 7.99. The first-order chi connectivity index (χ1) is 26.1. The minimum absolute atomic E-state index is 0.200. The van der Waals surface area contributed by atoms with Crippen LogP contribution in [0.25, 0.3) is 22.3 Å². The van der Waals surface area contributed by atoms with Crippen LogP contribution in [-0.2, 0) is 5.41 Å². The van der Waals surface area contributed by atoms with Gasteiger partial charge in [-0.15, -0.1) is 0 Å². The zero-order valence-electron chi connectivity index (χ0n) is 28.9. The molecule has 5 heteroatoms. The van der Waals surface area contributed by atoms with Crippen molar-refractivity contribution in [2.24, 2.45) is 9.98 Å². The van der Waals surface area contributed by atoms with Crippen molar-refractivity contribution >= 4 is 23.4 Å². The molecule has 1 unspecified atom stereocenters. The van der Waals surface area contributed by atoms with Crippen LogP contribution in [0.2, 0.25) is 0 Å². The van der Waals surface area contributed by atoms with Crippen molar-refractivity contribution in [1.29, 1.82) is 5.26 Å². The molecule has 4 nitrogen and oxygen atoms in total. The number of hydrogen-bond donors (Lipinski definition) is 0. The minimum Gasteiger partial charge on any atom is -0.333 e. The summed E-state index contributed by atoms with van der Waals surface area (Å²) in [6, 6.07) is 62.4. The normalized spacial score (nSPS) is 16.1. The Morgan fingerprint density at radius 1 is 0.566 bits per heavy atom. The van der Waals surface area contributed by atoms with E-state index in [2.05, 4.69) is 158 Å². The van der Waals surface area contributed by atoms with Gasteiger partial charge >= 0.3 is 0 Å². The van der Waals surface area contributed by atoms with Crippen LogP contribution >= 0.6 is 11.8 Å². The number of nitriles is 1. The highest BCUT2D eigenvalue weighted by atomic mass is 32.2. The van der Waals surface area contributed by atoms with Crippen molar-refractivity contribution in [3.05, 3.63) is 214 Å². The van der Waals surface area contributed by atoms with Crippen LogP contribution in [0.3, 0.4) is 0 Å². The summed E-state index contributed by atoms with van der Waals surface area (Å²) in [4.78, 5) is 15.0. The lowest BCUT2D eigenvalue weighted by molar-refractivity contribution is 0.383. The van der Waals surface area contributed by atoms with Crippen molar-refractivity contribution in [3.8, 4) is 28.3 Å². The average Bonchev–Trinajstić information content (AvgIpc) is 3.51. The molecule has 2 heterocycles. The van der Waals surface area contributed by atoms with Gasteiger partial charge < -0.3 is 4.90 Å². The first-order valence-corrected chi connectivity index (χ1v) is 18.6. The zero-order valence-corrected chi connectivity index (χ0v) is 29.8. The molecule has 0 saturated heterocycles. The molecule has 1 atom stereocenters. The van der Waals surface area contributed by atoms with Gasteiger partial charge in [0.2, 0.25) is 0 Å². The van der Waals surface area contributed by atoms with Gasteiger partial charge in [0.05, 0.1) is 17.0 Å². The first-order valence-electron chi connectivity index (χ1n) is 17.8. The van der Waals surface area contributed by atoms with Gasteiger partial charge in [0, 0.05) is 28.0 Å². The number of nitrogens with zero attached hydrogens (tertiary/aromatic N) is 4. The molecule has 7 aromatic carbocycles. The van der Waals surface area contributed by atoms with Crippen LogP contribution in [0, 0.1) is 11.3 Å². The van der Waals surface area contributed by atoms with Gasteiger partial charge in [-0.05, 0) is 80.4 Å². The largest absolute Gasteiger partial charge is 0.333 e. The predicted octanol–water partition coefficient (Wildman–Crippen LogP) is 10.9. The molecule has 0 N–H and O–H groups in total. The molecule has 2 aliphatic heterocycles. The van der Waals surface area contributed by atoms with Crippen molar-refractivity contribution in [2.45, 2.75) is 21.4 Å². The Hall–Kier alpha value is -6.48. The Morgan fingerprint density at radius 3 is 1.81 bits per heavy atom. The van der Waals surface area contributed by atoms with E-state index in [-0.39, 0.29) is 6.17 Å². The van der Waals surface area contributed by atoms with E-state index in [1.807, 2.05) is 42.1 Å². The second kappa shape index (κ2) is 12.3. The van der Waals surface area contributed by atoms with E-state index in [9.17, 15) is 5.26 Å². The van der Waals surface area contributed by atoms with E-state index >= 15 is 0 Å². The molecule has 0 bridgehead atoms. The monoisotopic (exact) mass is 696 g/mol. The van der Waals surface area contributed by atoms with Gasteiger partial charge in [-0.25, -0.2) is 9.98 Å². The zero-order chi connectivity index (χ0) is 35.5. The maximum atomic E-state index is 10.0. The van der Waals surface area contributed by atoms with Gasteiger partial charge in [-0.2, -0.15) is 5.26 Å². The Labute approximate surface area is 313 Å². The maximum Gasteiger partial charge on any atom is 0.159 e. The lowest BCUT2D eigenvalue weighted by Gasteiger charge is -2.39. The number of hydrogen-bond acceptors (Lipinski definition) is 5. The highest BCUT2D eigenvalue weighted by Gasteiger charge is 2.50. The minimum atomic E-state index is -0.477. The number of benzene rings is 7. The van der Waals surface area contributed by atoms with Crippen molar-refractivity contribution in [3.63, 3.8) is 0 Å². The van der Waals surface area contributed by atoms with E-state index in [1.165, 1.54) is 32.0 Å². The molecular weight excluding hydrogens is 665 g/mol. The third-order valence-corrected chi connectivity index (χ3v) is 12.0. The second-order valence-corrected chi connectivity index (χ2v) is 14.8. The topological polar surface area (TPSA) is 51.8 Å². The third kappa shape index (κ3) is 4.84. The van der Waals surface area contributed by atoms with Crippen LogP contribution in [0.1, 0.15) is 50.7 Å². The molecule has 250 valence electrons. The van der Waals surface area contributed by atoms with E-state index in [0.29, 0.717) is 11.4 Å². The van der Waals surface area contributed by atoms with Crippen LogP contribution in [0.5, 0.6) is 0 Å². The van der Waals surface area contributed by atoms with Gasteiger partial charge in [0.25, 0.3) is 0 Å². The van der Waals surface area contributed by atoms with Gasteiger partial charge in [0.15, 0.2) is 5.84 Å². The van der Waals surface area contributed by atoms with E-state index < -0.39 is 5.41 Å².